The molecule has 1 aliphatic heterocycles. The van der Waals surface area contributed by atoms with Crippen molar-refractivity contribution >= 4 is 22.2 Å². The summed E-state index contributed by atoms with van der Waals surface area (Å²) in [7, 11) is 3.37. The highest BCUT2D eigenvalue weighted by atomic mass is 32.1. The number of nitrogens with zero attached hydrogens (tertiary/aromatic N) is 1. The lowest BCUT2D eigenvalue weighted by atomic mass is 9.92. The maximum atomic E-state index is 13.1. The summed E-state index contributed by atoms with van der Waals surface area (Å²) in [5, 5.41) is 4.13. The smallest absolute Gasteiger partial charge is 0.256 e. The average Bonchev–Trinajstić information content (AvgIpc) is 3.13. The maximum Gasteiger partial charge on any atom is 0.256 e. The summed E-state index contributed by atoms with van der Waals surface area (Å²) in [6.07, 6.45) is 3.59. The Bertz CT molecular complexity index is 1100. The number of rotatable bonds is 7. The van der Waals surface area contributed by atoms with E-state index in [9.17, 15) is 4.79 Å². The van der Waals surface area contributed by atoms with Crippen molar-refractivity contribution in [2.24, 2.45) is 0 Å². The Labute approximate surface area is 200 Å². The highest BCUT2D eigenvalue weighted by Gasteiger charge is 2.32. The number of nitrogens with one attached hydrogen (secondary N) is 1. The fourth-order valence-corrected chi connectivity index (χ4v) is 5.67. The molecule has 1 saturated heterocycles. The van der Waals surface area contributed by atoms with Crippen LogP contribution in [-0.2, 0) is 0 Å². The quantitative estimate of drug-likeness (QED) is 0.452. The Kier molecular flexibility index (Phi) is 7.36. The van der Waals surface area contributed by atoms with Crippen LogP contribution in [0.15, 0.2) is 48.5 Å². The van der Waals surface area contributed by atoms with Crippen molar-refractivity contribution < 1.29 is 14.3 Å². The highest BCUT2D eigenvalue weighted by Crippen LogP contribution is 2.46. The van der Waals surface area contributed by atoms with E-state index in [-0.39, 0.29) is 11.9 Å². The molecule has 1 atom stereocenters. The number of ether oxygens (including phenoxy) is 2. The number of hydrogen-bond acceptors (Lipinski definition) is 5. The molecule has 1 aliphatic rings. The van der Waals surface area contributed by atoms with Crippen molar-refractivity contribution in [3.8, 4) is 11.5 Å². The van der Waals surface area contributed by atoms with Gasteiger partial charge in [0.25, 0.3) is 5.91 Å². The minimum Gasteiger partial charge on any atom is -0.497 e. The first-order valence-corrected chi connectivity index (χ1v) is 12.3. The molecule has 3 aromatic rings. The van der Waals surface area contributed by atoms with Gasteiger partial charge in [0.15, 0.2) is 0 Å². The van der Waals surface area contributed by atoms with Crippen LogP contribution in [0.25, 0.3) is 0 Å². The summed E-state index contributed by atoms with van der Waals surface area (Å²) in [6.45, 7) is 6.31. The molecule has 1 N–H and O–H groups in total. The number of thiophene rings is 1. The number of carbonyl (C=O) groups excluding carboxylic acids is 1. The summed E-state index contributed by atoms with van der Waals surface area (Å²) in [4.78, 5) is 16.8. The van der Waals surface area contributed by atoms with Gasteiger partial charge in [-0.25, -0.2) is 0 Å². The number of benzene rings is 2. The monoisotopic (exact) mass is 464 g/mol. The van der Waals surface area contributed by atoms with Gasteiger partial charge in [0.1, 0.15) is 16.5 Å². The third-order valence-corrected chi connectivity index (χ3v) is 7.60. The number of piperidine rings is 1. The van der Waals surface area contributed by atoms with Crippen molar-refractivity contribution in [3.63, 3.8) is 0 Å². The van der Waals surface area contributed by atoms with E-state index in [1.807, 2.05) is 42.5 Å². The first-order chi connectivity index (χ1) is 16.0. The maximum absolute atomic E-state index is 13.1. The topological polar surface area (TPSA) is 50.8 Å². The van der Waals surface area contributed by atoms with Crippen LogP contribution >= 0.6 is 11.3 Å². The van der Waals surface area contributed by atoms with E-state index in [1.54, 1.807) is 25.6 Å². The van der Waals surface area contributed by atoms with Gasteiger partial charge in [-0.1, -0.05) is 24.6 Å². The van der Waals surface area contributed by atoms with E-state index in [0.29, 0.717) is 5.56 Å². The second-order valence-corrected chi connectivity index (χ2v) is 9.68. The third-order valence-electron chi connectivity index (χ3n) is 6.46. The normalized spacial score (nSPS) is 15.2. The van der Waals surface area contributed by atoms with Gasteiger partial charge in [-0.05, 0) is 69.6 Å². The van der Waals surface area contributed by atoms with Gasteiger partial charge in [-0.3, -0.25) is 9.69 Å². The molecule has 0 radical (unpaired) electrons. The van der Waals surface area contributed by atoms with E-state index in [1.165, 1.54) is 29.7 Å². The number of carbonyl (C=O) groups is 1. The van der Waals surface area contributed by atoms with E-state index in [0.717, 1.165) is 40.7 Å². The Morgan fingerprint density at radius 2 is 1.73 bits per heavy atom. The van der Waals surface area contributed by atoms with Gasteiger partial charge in [-0.15, -0.1) is 11.3 Å². The standard InChI is InChI=1S/C27H32N2O3S/c1-18-19(2)33-27(28-26(30)20-11-7-5-8-12-20)24(18)25(29-15-9-6-10-16-29)22-14-13-21(31-3)17-23(22)32-4/h5,7-8,11-14,17,25H,6,9-10,15-16H2,1-4H3,(H,28,30)/t25-/m1/s1. The Morgan fingerprint density at radius 3 is 2.39 bits per heavy atom. The van der Waals surface area contributed by atoms with Crippen LogP contribution in [0.5, 0.6) is 11.5 Å². The molecule has 0 unspecified atom stereocenters. The molecule has 1 fully saturated rings. The molecule has 4 rings (SSSR count). The van der Waals surface area contributed by atoms with Gasteiger partial charge < -0.3 is 14.8 Å². The fourth-order valence-electron chi connectivity index (χ4n) is 4.59. The fraction of sp³-hybridized carbons (Fsp3) is 0.370. The van der Waals surface area contributed by atoms with Gasteiger partial charge in [0, 0.05) is 27.6 Å². The summed E-state index contributed by atoms with van der Waals surface area (Å²) in [5.41, 5.74) is 4.13. The van der Waals surface area contributed by atoms with Crippen LogP contribution in [0.2, 0.25) is 0 Å². The van der Waals surface area contributed by atoms with Crippen LogP contribution < -0.4 is 14.8 Å². The third kappa shape index (κ3) is 4.92. The lowest BCUT2D eigenvalue weighted by Gasteiger charge is -2.36. The molecule has 0 saturated carbocycles. The van der Waals surface area contributed by atoms with Crippen molar-refractivity contribution in [1.82, 2.24) is 4.90 Å². The van der Waals surface area contributed by atoms with Crippen LogP contribution in [0.1, 0.15) is 57.2 Å². The first kappa shape index (κ1) is 23.3. The molecule has 5 nitrogen and oxygen atoms in total. The number of aryl methyl sites for hydroxylation is 1. The van der Waals surface area contributed by atoms with Crippen molar-refractivity contribution in [1.29, 1.82) is 0 Å². The van der Waals surface area contributed by atoms with Crippen LogP contribution in [0, 0.1) is 13.8 Å². The molecule has 0 bridgehead atoms. The molecule has 2 aromatic carbocycles. The van der Waals surface area contributed by atoms with Crippen molar-refractivity contribution in [3.05, 3.63) is 75.7 Å². The second-order valence-electron chi connectivity index (χ2n) is 8.45. The summed E-state index contributed by atoms with van der Waals surface area (Å²) in [6, 6.07) is 15.4. The molecule has 6 heteroatoms. The number of anilines is 1. The molecular weight excluding hydrogens is 432 g/mol. The van der Waals surface area contributed by atoms with Crippen molar-refractivity contribution in [2.45, 2.75) is 39.2 Å². The molecule has 1 aromatic heterocycles. The predicted octanol–water partition coefficient (Wildman–Crippen LogP) is 6.21. The summed E-state index contributed by atoms with van der Waals surface area (Å²) in [5.74, 6) is 1.48. The van der Waals surface area contributed by atoms with E-state index >= 15 is 0 Å². The summed E-state index contributed by atoms with van der Waals surface area (Å²) < 4.78 is 11.3. The van der Waals surface area contributed by atoms with Gasteiger partial charge in [0.05, 0.1) is 20.3 Å². The zero-order valence-corrected chi connectivity index (χ0v) is 20.6. The number of amides is 1. The number of hydrogen-bond donors (Lipinski definition) is 1. The molecule has 33 heavy (non-hydrogen) atoms. The molecule has 0 spiro atoms. The Balaban J connectivity index is 1.82. The average molecular weight is 465 g/mol. The second kappa shape index (κ2) is 10.4. The lowest BCUT2D eigenvalue weighted by Crippen LogP contribution is -2.35. The molecule has 0 aliphatic carbocycles. The van der Waals surface area contributed by atoms with Gasteiger partial charge >= 0.3 is 0 Å². The zero-order chi connectivity index (χ0) is 23.4. The SMILES string of the molecule is COc1ccc([C@H](c2c(NC(=O)c3ccccc3)sc(C)c2C)N2CCCCC2)c(OC)c1. The van der Waals surface area contributed by atoms with Gasteiger partial charge in [-0.2, -0.15) is 0 Å². The van der Waals surface area contributed by atoms with E-state index in [4.69, 9.17) is 9.47 Å². The number of likely N-dealkylation sites (tertiary alicyclic amines) is 1. The number of methoxy groups -OCH3 is 2. The Hall–Kier alpha value is -2.83. The van der Waals surface area contributed by atoms with Gasteiger partial charge in [0.2, 0.25) is 0 Å². The van der Waals surface area contributed by atoms with Crippen molar-refractivity contribution in [2.75, 3.05) is 32.6 Å². The lowest BCUT2D eigenvalue weighted by molar-refractivity contribution is 0.102. The van der Waals surface area contributed by atoms with Crippen LogP contribution in [0.3, 0.4) is 0 Å². The predicted molar refractivity (Wildman–Crippen MR) is 135 cm³/mol. The minimum absolute atomic E-state index is 0.0119. The van der Waals surface area contributed by atoms with Crippen LogP contribution in [0.4, 0.5) is 5.00 Å². The highest BCUT2D eigenvalue weighted by molar-refractivity contribution is 7.16. The molecule has 1 amide bonds. The van der Waals surface area contributed by atoms with Crippen LogP contribution in [-0.4, -0.2) is 38.1 Å². The Morgan fingerprint density at radius 1 is 1.00 bits per heavy atom. The van der Waals surface area contributed by atoms with E-state index < -0.39 is 0 Å². The first-order valence-electron chi connectivity index (χ1n) is 11.5. The largest absolute Gasteiger partial charge is 0.497 e. The molecule has 2 heterocycles. The molecule has 174 valence electrons. The van der Waals surface area contributed by atoms with E-state index in [2.05, 4.69) is 30.1 Å². The minimum atomic E-state index is -0.0859. The summed E-state index contributed by atoms with van der Waals surface area (Å²) >= 11 is 1.65. The molecular formula is C27H32N2O3S. The zero-order valence-electron chi connectivity index (χ0n) is 19.8.